The van der Waals surface area contributed by atoms with Gasteiger partial charge in [-0.2, -0.15) is 0 Å². The van der Waals surface area contributed by atoms with Crippen LogP contribution < -0.4 is 15.4 Å². The van der Waals surface area contributed by atoms with E-state index >= 15 is 0 Å². The van der Waals surface area contributed by atoms with Gasteiger partial charge in [0.05, 0.1) is 18.2 Å². The summed E-state index contributed by atoms with van der Waals surface area (Å²) in [4.78, 5) is 50.5. The standard InChI is InChI=1S/C28H28FNO5.C27H26FNO5/c1-27(2,23-14-20(29)9-12-24(23)34-3)17-28(33,15-18-7-5-4-6-8-18)26(32)30-21-10-11-22-19(13-21)16-35-25(22)31;1-26(2,22-13-19(28)8-11-23(22)30)16-27(33,14-17-6-4-3-5-7-17)25(32)29-20-9-10-21-18(12-20)15-34-24(21)31/h4-14,33H,15-17H2,1-3H3,(H,30,32);3-13,30,33H,14-16H2,1-2H3,(H,29,32). The van der Waals surface area contributed by atoms with E-state index in [1.165, 1.54) is 37.4 Å². The number of anilines is 2. The van der Waals surface area contributed by atoms with E-state index in [1.54, 1.807) is 50.2 Å². The minimum absolute atomic E-state index is 0.00567. The van der Waals surface area contributed by atoms with Crippen LogP contribution >= 0.6 is 0 Å². The monoisotopic (exact) mass is 940 g/mol. The fourth-order valence-corrected chi connectivity index (χ4v) is 9.14. The average Bonchev–Trinajstić information content (AvgIpc) is 3.87. The number of nitrogens with one attached hydrogen (secondary N) is 2. The number of aromatic hydroxyl groups is 1. The number of hydrogen-bond donors (Lipinski definition) is 5. The average molecular weight is 941 g/mol. The van der Waals surface area contributed by atoms with Crippen molar-refractivity contribution < 1.29 is 57.5 Å². The van der Waals surface area contributed by atoms with Gasteiger partial charge >= 0.3 is 11.9 Å². The molecule has 69 heavy (non-hydrogen) atoms. The number of esters is 2. The van der Waals surface area contributed by atoms with Crippen LogP contribution in [-0.4, -0.2) is 57.4 Å². The molecule has 0 fully saturated rings. The Labute approximate surface area is 398 Å². The highest BCUT2D eigenvalue weighted by molar-refractivity contribution is 6.00. The number of ether oxygens (including phenoxy) is 3. The molecule has 0 radical (unpaired) electrons. The zero-order valence-electron chi connectivity index (χ0n) is 38.9. The molecule has 2 atom stereocenters. The van der Waals surface area contributed by atoms with E-state index in [1.807, 2.05) is 74.5 Å². The predicted octanol–water partition coefficient (Wildman–Crippen LogP) is 9.27. The fourth-order valence-electron chi connectivity index (χ4n) is 9.14. The van der Waals surface area contributed by atoms with Gasteiger partial charge in [-0.15, -0.1) is 0 Å². The molecule has 0 bridgehead atoms. The highest BCUT2D eigenvalue weighted by Crippen LogP contribution is 2.41. The van der Waals surface area contributed by atoms with Crippen LogP contribution in [0.25, 0.3) is 0 Å². The van der Waals surface area contributed by atoms with Gasteiger partial charge in [-0.1, -0.05) is 88.4 Å². The van der Waals surface area contributed by atoms with E-state index in [0.717, 1.165) is 17.2 Å². The largest absolute Gasteiger partial charge is 0.508 e. The summed E-state index contributed by atoms with van der Waals surface area (Å²) >= 11 is 0. The van der Waals surface area contributed by atoms with Gasteiger partial charge in [-0.25, -0.2) is 18.4 Å². The van der Waals surface area contributed by atoms with Crippen LogP contribution in [0.3, 0.4) is 0 Å². The lowest BCUT2D eigenvalue weighted by molar-refractivity contribution is -0.136. The van der Waals surface area contributed by atoms with Gasteiger partial charge in [-0.3, -0.25) is 9.59 Å². The Morgan fingerprint density at radius 1 is 0.594 bits per heavy atom. The first-order valence-corrected chi connectivity index (χ1v) is 22.3. The highest BCUT2D eigenvalue weighted by atomic mass is 19.1. The van der Waals surface area contributed by atoms with E-state index < -0.39 is 57.4 Å². The van der Waals surface area contributed by atoms with Crippen LogP contribution in [0.15, 0.2) is 133 Å². The molecule has 0 saturated carbocycles. The Morgan fingerprint density at radius 2 is 1.01 bits per heavy atom. The van der Waals surface area contributed by atoms with E-state index in [9.17, 15) is 43.3 Å². The number of carbonyl (C=O) groups excluding carboxylic acids is 4. The van der Waals surface area contributed by atoms with Gasteiger partial charge in [0.25, 0.3) is 11.8 Å². The summed E-state index contributed by atoms with van der Waals surface area (Å²) in [5.41, 5.74) is -0.0643. The van der Waals surface area contributed by atoms with Crippen LogP contribution in [0.5, 0.6) is 11.5 Å². The van der Waals surface area contributed by atoms with Crippen molar-refractivity contribution in [2.75, 3.05) is 17.7 Å². The van der Waals surface area contributed by atoms with Gasteiger partial charge in [0.15, 0.2) is 0 Å². The molecule has 2 aliphatic rings. The molecule has 0 aromatic heterocycles. The molecule has 5 N–H and O–H groups in total. The third kappa shape index (κ3) is 11.5. The molecule has 2 heterocycles. The van der Waals surface area contributed by atoms with Crippen LogP contribution in [-0.2, 0) is 55.9 Å². The van der Waals surface area contributed by atoms with Crippen molar-refractivity contribution in [3.8, 4) is 11.5 Å². The summed E-state index contributed by atoms with van der Waals surface area (Å²) in [6, 6.07) is 35.8. The van der Waals surface area contributed by atoms with Gasteiger partial charge in [0.1, 0.15) is 47.5 Å². The fraction of sp³-hybridized carbons (Fsp3) is 0.273. The summed E-state index contributed by atoms with van der Waals surface area (Å²) in [6.07, 6.45) is -0.0453. The second-order valence-electron chi connectivity index (χ2n) is 18.8. The number of methoxy groups -OCH3 is 1. The quantitative estimate of drug-likeness (QED) is 0.0623. The van der Waals surface area contributed by atoms with E-state index in [2.05, 4.69) is 10.6 Å². The number of halogens is 2. The number of rotatable bonds is 15. The number of aliphatic hydroxyl groups is 2. The second-order valence-corrected chi connectivity index (χ2v) is 18.8. The number of cyclic esters (lactones) is 2. The summed E-state index contributed by atoms with van der Waals surface area (Å²) in [7, 11) is 1.50. The number of carbonyl (C=O) groups is 4. The Balaban J connectivity index is 0.000000204. The van der Waals surface area contributed by atoms with Gasteiger partial charge < -0.3 is 40.2 Å². The van der Waals surface area contributed by atoms with Crippen molar-refractivity contribution in [2.24, 2.45) is 0 Å². The molecule has 14 heteroatoms. The minimum Gasteiger partial charge on any atom is -0.508 e. The Morgan fingerprint density at radius 3 is 1.46 bits per heavy atom. The Hall–Kier alpha value is -7.42. The molecule has 6 aromatic carbocycles. The summed E-state index contributed by atoms with van der Waals surface area (Å²) in [5, 5.41) is 39.5. The molecule has 0 saturated heterocycles. The molecular formula is C55H54F2N2O10. The van der Waals surface area contributed by atoms with Crippen molar-refractivity contribution >= 4 is 35.1 Å². The van der Waals surface area contributed by atoms with E-state index in [-0.39, 0.29) is 44.6 Å². The van der Waals surface area contributed by atoms with Crippen molar-refractivity contribution in [1.82, 2.24) is 0 Å². The van der Waals surface area contributed by atoms with Gasteiger partial charge in [0, 0.05) is 46.5 Å². The predicted molar refractivity (Wildman–Crippen MR) is 255 cm³/mol. The smallest absolute Gasteiger partial charge is 0.338 e. The third-order valence-electron chi connectivity index (χ3n) is 12.5. The normalized spacial score (nSPS) is 14.7. The Kier molecular flexibility index (Phi) is 14.4. The molecule has 12 nitrogen and oxygen atoms in total. The molecular weight excluding hydrogens is 887 g/mol. The minimum atomic E-state index is -1.89. The lowest BCUT2D eigenvalue weighted by Crippen LogP contribution is -2.49. The summed E-state index contributed by atoms with van der Waals surface area (Å²) < 4.78 is 43.6. The molecule has 0 spiro atoms. The molecule has 8 rings (SSSR count). The lowest BCUT2D eigenvalue weighted by atomic mass is 9.72. The number of hydrogen-bond acceptors (Lipinski definition) is 10. The van der Waals surface area contributed by atoms with E-state index in [4.69, 9.17) is 14.2 Å². The zero-order chi connectivity index (χ0) is 49.7. The van der Waals surface area contributed by atoms with Crippen LogP contribution in [0.1, 0.15) is 94.6 Å². The SMILES string of the molecule is CC(C)(CC(O)(Cc1ccccc1)C(=O)Nc1ccc2c(c1)COC2=O)c1cc(F)ccc1O.COc1ccc(F)cc1C(C)(C)CC(O)(Cc1ccccc1)C(=O)Nc1ccc2c(c1)COC2=O. The van der Waals surface area contributed by atoms with Crippen molar-refractivity contribution in [3.63, 3.8) is 0 Å². The Bertz CT molecular complexity index is 2890. The van der Waals surface area contributed by atoms with Crippen molar-refractivity contribution in [2.45, 2.75) is 88.6 Å². The molecule has 2 aliphatic heterocycles. The first kappa shape index (κ1) is 49.5. The molecule has 2 unspecified atom stereocenters. The first-order chi connectivity index (χ1) is 32.7. The van der Waals surface area contributed by atoms with Crippen LogP contribution in [0.4, 0.5) is 20.2 Å². The highest BCUT2D eigenvalue weighted by Gasteiger charge is 2.44. The number of amides is 2. The number of fused-ring (bicyclic) bond motifs is 2. The molecule has 0 aliphatic carbocycles. The molecule has 2 amide bonds. The molecule has 358 valence electrons. The summed E-state index contributed by atoms with van der Waals surface area (Å²) in [6.45, 7) is 7.42. The van der Waals surface area contributed by atoms with Crippen LogP contribution in [0.2, 0.25) is 0 Å². The number of phenolic OH excluding ortho intramolecular Hbond substituents is 1. The lowest BCUT2D eigenvalue weighted by Gasteiger charge is -2.36. The third-order valence-corrected chi connectivity index (χ3v) is 12.5. The number of benzene rings is 6. The van der Waals surface area contributed by atoms with Gasteiger partial charge in [-0.05, 0) is 108 Å². The van der Waals surface area contributed by atoms with E-state index in [0.29, 0.717) is 50.5 Å². The van der Waals surface area contributed by atoms with Crippen molar-refractivity contribution in [1.29, 1.82) is 0 Å². The summed E-state index contributed by atoms with van der Waals surface area (Å²) in [5.74, 6) is -2.65. The van der Waals surface area contributed by atoms with Crippen LogP contribution in [0, 0.1) is 11.6 Å². The molecule has 6 aromatic rings. The topological polar surface area (TPSA) is 181 Å². The maximum Gasteiger partial charge on any atom is 0.338 e. The van der Waals surface area contributed by atoms with Crippen molar-refractivity contribution in [3.05, 3.63) is 190 Å². The first-order valence-electron chi connectivity index (χ1n) is 22.3. The zero-order valence-corrected chi connectivity index (χ0v) is 38.9. The second kappa shape index (κ2) is 20.0. The maximum absolute atomic E-state index is 14.1. The van der Waals surface area contributed by atoms with Gasteiger partial charge in [0.2, 0.25) is 0 Å². The maximum atomic E-state index is 14.1. The number of phenols is 1.